The Bertz CT molecular complexity index is 575. The smallest absolute Gasteiger partial charge is 0.199 e. The van der Waals surface area contributed by atoms with E-state index >= 15 is 0 Å². The molecule has 0 saturated heterocycles. The fourth-order valence-electron chi connectivity index (χ4n) is 1.83. The Labute approximate surface area is 120 Å². The van der Waals surface area contributed by atoms with Crippen molar-refractivity contribution in [2.45, 2.75) is 37.1 Å². The summed E-state index contributed by atoms with van der Waals surface area (Å²) in [5.41, 5.74) is 0. The number of hydrogen-bond donors (Lipinski definition) is 0. The highest BCUT2D eigenvalue weighted by molar-refractivity contribution is 7.94. The summed E-state index contributed by atoms with van der Waals surface area (Å²) in [5.74, 6) is -0.492. The molecular formula is C15H20O4S. The molecule has 0 unspecified atom stereocenters. The van der Waals surface area contributed by atoms with Gasteiger partial charge in [-0.3, -0.25) is 0 Å². The van der Waals surface area contributed by atoms with E-state index in [0.717, 1.165) is 6.42 Å². The van der Waals surface area contributed by atoms with E-state index in [4.69, 9.17) is 9.47 Å². The number of benzene rings is 1. The molecule has 1 aromatic carbocycles. The van der Waals surface area contributed by atoms with E-state index in [1.807, 2.05) is 13.8 Å². The van der Waals surface area contributed by atoms with Crippen LogP contribution in [-0.4, -0.2) is 27.4 Å². The fraction of sp³-hybridized carbons (Fsp3) is 0.467. The molecule has 0 bridgehead atoms. The highest BCUT2D eigenvalue weighted by Crippen LogP contribution is 2.38. The van der Waals surface area contributed by atoms with Gasteiger partial charge in [0.15, 0.2) is 15.6 Å². The lowest BCUT2D eigenvalue weighted by atomic mass is 10.4. The van der Waals surface area contributed by atoms with E-state index in [1.54, 1.807) is 43.5 Å². The molecule has 0 amide bonds. The van der Waals surface area contributed by atoms with Gasteiger partial charge in [0.1, 0.15) is 0 Å². The van der Waals surface area contributed by atoms with E-state index in [-0.39, 0.29) is 12.0 Å². The highest BCUT2D eigenvalue weighted by atomic mass is 32.2. The number of methoxy groups -OCH3 is 1. The Hall–Kier alpha value is -1.17. The SMILES string of the molecule is COC(C)(C)O[C@@H]1C[C@H]1/C=C/S(=O)(=O)c1ccccc1. The molecule has 0 aliphatic heterocycles. The summed E-state index contributed by atoms with van der Waals surface area (Å²) >= 11 is 0. The molecule has 1 aliphatic carbocycles. The van der Waals surface area contributed by atoms with Crippen LogP contribution in [-0.2, 0) is 19.3 Å². The molecule has 0 spiro atoms. The Morgan fingerprint density at radius 1 is 1.25 bits per heavy atom. The van der Waals surface area contributed by atoms with Gasteiger partial charge in [0.25, 0.3) is 0 Å². The zero-order valence-electron chi connectivity index (χ0n) is 11.9. The lowest BCUT2D eigenvalue weighted by Crippen LogP contribution is -2.28. The van der Waals surface area contributed by atoms with E-state index in [9.17, 15) is 8.42 Å². The minimum atomic E-state index is -3.36. The first kappa shape index (κ1) is 15.2. The highest BCUT2D eigenvalue weighted by Gasteiger charge is 2.40. The fourth-order valence-corrected chi connectivity index (χ4v) is 2.94. The molecule has 0 aromatic heterocycles. The van der Waals surface area contributed by atoms with E-state index in [1.165, 1.54) is 5.41 Å². The van der Waals surface area contributed by atoms with Crippen LogP contribution >= 0.6 is 0 Å². The molecule has 2 rings (SSSR count). The zero-order valence-corrected chi connectivity index (χ0v) is 12.8. The Balaban J connectivity index is 1.96. The third-order valence-electron chi connectivity index (χ3n) is 3.28. The minimum absolute atomic E-state index is 0.0344. The van der Waals surface area contributed by atoms with Crippen LogP contribution in [0.25, 0.3) is 0 Å². The van der Waals surface area contributed by atoms with Crippen LogP contribution in [0, 0.1) is 5.92 Å². The molecule has 5 heteroatoms. The van der Waals surface area contributed by atoms with Gasteiger partial charge in [-0.25, -0.2) is 8.42 Å². The number of rotatable bonds is 6. The summed E-state index contributed by atoms with van der Waals surface area (Å²) in [6, 6.07) is 8.40. The molecule has 0 heterocycles. The molecular weight excluding hydrogens is 276 g/mol. The predicted octanol–water partition coefficient (Wildman–Crippen LogP) is 2.76. The number of sulfone groups is 1. The van der Waals surface area contributed by atoms with Gasteiger partial charge in [-0.05, 0) is 32.4 Å². The first-order valence-electron chi connectivity index (χ1n) is 6.55. The second kappa shape index (κ2) is 5.68. The van der Waals surface area contributed by atoms with Crippen molar-refractivity contribution >= 4 is 9.84 Å². The molecule has 2 atom stereocenters. The zero-order chi connectivity index (χ0) is 14.8. The number of hydrogen-bond acceptors (Lipinski definition) is 4. The van der Waals surface area contributed by atoms with E-state index < -0.39 is 15.6 Å². The van der Waals surface area contributed by atoms with Gasteiger partial charge in [0.05, 0.1) is 11.0 Å². The van der Waals surface area contributed by atoms with Gasteiger partial charge in [-0.2, -0.15) is 0 Å². The topological polar surface area (TPSA) is 52.6 Å². The van der Waals surface area contributed by atoms with Crippen LogP contribution < -0.4 is 0 Å². The maximum absolute atomic E-state index is 12.1. The lowest BCUT2D eigenvalue weighted by Gasteiger charge is -2.23. The molecule has 0 radical (unpaired) electrons. The van der Waals surface area contributed by atoms with Crippen LogP contribution in [0.3, 0.4) is 0 Å². The van der Waals surface area contributed by atoms with Crippen LogP contribution in [0.5, 0.6) is 0 Å². The second-order valence-electron chi connectivity index (χ2n) is 5.35. The van der Waals surface area contributed by atoms with Crippen LogP contribution in [0.4, 0.5) is 0 Å². The maximum atomic E-state index is 12.1. The van der Waals surface area contributed by atoms with Crippen LogP contribution in [0.2, 0.25) is 0 Å². The van der Waals surface area contributed by atoms with Gasteiger partial charge in [-0.15, -0.1) is 0 Å². The van der Waals surface area contributed by atoms with Crippen molar-refractivity contribution in [1.29, 1.82) is 0 Å². The molecule has 110 valence electrons. The molecule has 0 N–H and O–H groups in total. The summed E-state index contributed by atoms with van der Waals surface area (Å²) in [5, 5.41) is 1.27. The largest absolute Gasteiger partial charge is 0.354 e. The first-order valence-corrected chi connectivity index (χ1v) is 8.10. The van der Waals surface area contributed by atoms with Crippen molar-refractivity contribution in [2.75, 3.05) is 7.11 Å². The molecule has 20 heavy (non-hydrogen) atoms. The van der Waals surface area contributed by atoms with Crippen LogP contribution in [0.15, 0.2) is 46.7 Å². The summed E-state index contributed by atoms with van der Waals surface area (Å²) in [4.78, 5) is 0.312. The Kier molecular flexibility index (Phi) is 4.32. The maximum Gasteiger partial charge on any atom is 0.199 e. The second-order valence-corrected chi connectivity index (χ2v) is 7.18. The van der Waals surface area contributed by atoms with Gasteiger partial charge < -0.3 is 9.47 Å². The average Bonchev–Trinajstić information content (AvgIpc) is 3.15. The van der Waals surface area contributed by atoms with Gasteiger partial charge in [-0.1, -0.05) is 24.3 Å². The molecule has 1 fully saturated rings. The summed E-state index contributed by atoms with van der Waals surface area (Å²) in [6.07, 6.45) is 2.57. The first-order chi connectivity index (χ1) is 9.34. The normalized spacial score (nSPS) is 23.1. The minimum Gasteiger partial charge on any atom is -0.354 e. The standard InChI is InChI=1S/C15H20O4S/c1-15(2,18-3)19-14-11-12(14)9-10-20(16,17)13-7-5-4-6-8-13/h4-10,12,14H,11H2,1-3H3/b10-9+/t12-,14-/m1/s1. The Morgan fingerprint density at radius 3 is 2.50 bits per heavy atom. The monoisotopic (exact) mass is 296 g/mol. The van der Waals surface area contributed by atoms with Gasteiger partial charge >= 0.3 is 0 Å². The van der Waals surface area contributed by atoms with Crippen molar-refractivity contribution in [3.05, 3.63) is 41.8 Å². The number of ether oxygens (including phenoxy) is 2. The van der Waals surface area contributed by atoms with Crippen molar-refractivity contribution in [3.63, 3.8) is 0 Å². The third-order valence-corrected chi connectivity index (χ3v) is 4.73. The van der Waals surface area contributed by atoms with Crippen molar-refractivity contribution in [2.24, 2.45) is 5.92 Å². The Morgan fingerprint density at radius 2 is 1.90 bits per heavy atom. The molecule has 1 aliphatic rings. The van der Waals surface area contributed by atoms with Crippen molar-refractivity contribution in [3.8, 4) is 0 Å². The van der Waals surface area contributed by atoms with E-state index in [0.29, 0.717) is 4.90 Å². The van der Waals surface area contributed by atoms with Gasteiger partial charge in [0, 0.05) is 18.4 Å². The van der Waals surface area contributed by atoms with Gasteiger partial charge in [0.2, 0.25) is 0 Å². The summed E-state index contributed by atoms with van der Waals surface area (Å²) < 4.78 is 35.0. The van der Waals surface area contributed by atoms with Crippen molar-refractivity contribution < 1.29 is 17.9 Å². The summed E-state index contributed by atoms with van der Waals surface area (Å²) in [7, 11) is -1.77. The third kappa shape index (κ3) is 3.91. The molecule has 1 aromatic rings. The summed E-state index contributed by atoms with van der Waals surface area (Å²) in [6.45, 7) is 3.68. The van der Waals surface area contributed by atoms with Crippen molar-refractivity contribution in [1.82, 2.24) is 0 Å². The lowest BCUT2D eigenvalue weighted by molar-refractivity contribution is -0.205. The van der Waals surface area contributed by atoms with Crippen LogP contribution in [0.1, 0.15) is 20.3 Å². The van der Waals surface area contributed by atoms with E-state index in [2.05, 4.69) is 0 Å². The quantitative estimate of drug-likeness (QED) is 0.757. The molecule has 1 saturated carbocycles. The predicted molar refractivity (Wildman–Crippen MR) is 76.8 cm³/mol. The molecule has 4 nitrogen and oxygen atoms in total. The average molecular weight is 296 g/mol.